The van der Waals surface area contributed by atoms with Gasteiger partial charge in [0.1, 0.15) is 5.15 Å². The van der Waals surface area contributed by atoms with Crippen LogP contribution in [0.15, 0.2) is 18.3 Å². The standard InChI is InChI=1S/C12H15ClN2/c13-11-2-1-10(7-14-11)8-15-6-5-12(9-15)3-4-12/h1-2,7H,3-6,8-9H2. The molecule has 3 heteroatoms. The van der Waals surface area contributed by atoms with Gasteiger partial charge in [-0.05, 0) is 42.9 Å². The number of rotatable bonds is 2. The summed E-state index contributed by atoms with van der Waals surface area (Å²) in [7, 11) is 0. The highest BCUT2D eigenvalue weighted by Crippen LogP contribution is 2.52. The summed E-state index contributed by atoms with van der Waals surface area (Å²) in [4.78, 5) is 6.65. The second kappa shape index (κ2) is 3.46. The first-order valence-electron chi connectivity index (χ1n) is 5.59. The van der Waals surface area contributed by atoms with Crippen LogP contribution >= 0.6 is 11.6 Å². The molecule has 3 rings (SSSR count). The fraction of sp³-hybridized carbons (Fsp3) is 0.583. The minimum Gasteiger partial charge on any atom is -0.298 e. The van der Waals surface area contributed by atoms with Crippen molar-refractivity contribution in [2.24, 2.45) is 5.41 Å². The summed E-state index contributed by atoms with van der Waals surface area (Å²) in [5, 5.41) is 0.582. The van der Waals surface area contributed by atoms with Gasteiger partial charge in [0.05, 0.1) is 0 Å². The molecular formula is C12H15ClN2. The number of likely N-dealkylation sites (tertiary alicyclic amines) is 1. The average molecular weight is 223 g/mol. The van der Waals surface area contributed by atoms with Crippen LogP contribution in [0.3, 0.4) is 0 Å². The van der Waals surface area contributed by atoms with Crippen LogP contribution in [0.25, 0.3) is 0 Å². The monoisotopic (exact) mass is 222 g/mol. The Kier molecular flexibility index (Phi) is 2.22. The predicted molar refractivity (Wildman–Crippen MR) is 60.8 cm³/mol. The minimum absolute atomic E-state index is 0.582. The second-order valence-electron chi connectivity index (χ2n) is 4.95. The summed E-state index contributed by atoms with van der Waals surface area (Å²) in [6, 6.07) is 3.95. The van der Waals surface area contributed by atoms with Gasteiger partial charge in [-0.3, -0.25) is 4.90 Å². The van der Waals surface area contributed by atoms with Crippen LogP contribution in [0.1, 0.15) is 24.8 Å². The zero-order valence-electron chi connectivity index (χ0n) is 8.75. The van der Waals surface area contributed by atoms with E-state index in [1.54, 1.807) is 0 Å². The molecule has 15 heavy (non-hydrogen) atoms. The number of nitrogens with zero attached hydrogens (tertiary/aromatic N) is 2. The molecule has 0 bridgehead atoms. The first kappa shape index (κ1) is 9.61. The molecule has 2 heterocycles. The van der Waals surface area contributed by atoms with E-state index >= 15 is 0 Å². The molecule has 0 N–H and O–H groups in total. The molecule has 0 radical (unpaired) electrons. The summed E-state index contributed by atoms with van der Waals surface area (Å²) >= 11 is 5.76. The van der Waals surface area contributed by atoms with E-state index in [0.29, 0.717) is 5.15 Å². The molecule has 2 nitrogen and oxygen atoms in total. The van der Waals surface area contributed by atoms with Gasteiger partial charge in [0.25, 0.3) is 0 Å². The Balaban J connectivity index is 1.63. The molecule has 0 atom stereocenters. The number of hydrogen-bond donors (Lipinski definition) is 0. The van der Waals surface area contributed by atoms with E-state index in [-0.39, 0.29) is 0 Å². The average Bonchev–Trinajstić information content (AvgIpc) is 2.86. The summed E-state index contributed by atoms with van der Waals surface area (Å²) in [6.07, 6.45) is 6.18. The van der Waals surface area contributed by atoms with Crippen LogP contribution in [0.5, 0.6) is 0 Å². The minimum atomic E-state index is 0.582. The Bertz CT molecular complexity index is 356. The lowest BCUT2D eigenvalue weighted by atomic mass is 10.1. The number of aromatic nitrogens is 1. The Morgan fingerprint density at radius 2 is 2.20 bits per heavy atom. The van der Waals surface area contributed by atoms with Crippen LogP contribution in [-0.4, -0.2) is 23.0 Å². The highest BCUT2D eigenvalue weighted by molar-refractivity contribution is 6.29. The van der Waals surface area contributed by atoms with Gasteiger partial charge in [-0.2, -0.15) is 0 Å². The molecule has 1 saturated heterocycles. The van der Waals surface area contributed by atoms with Crippen LogP contribution in [-0.2, 0) is 6.54 Å². The molecule has 2 fully saturated rings. The lowest BCUT2D eigenvalue weighted by Crippen LogP contribution is -2.20. The first-order valence-corrected chi connectivity index (χ1v) is 5.96. The molecule has 0 aromatic carbocycles. The van der Waals surface area contributed by atoms with Crippen molar-refractivity contribution in [3.8, 4) is 0 Å². The van der Waals surface area contributed by atoms with Gasteiger partial charge in [0.2, 0.25) is 0 Å². The van der Waals surface area contributed by atoms with E-state index in [9.17, 15) is 0 Å². The summed E-state index contributed by atoms with van der Waals surface area (Å²) in [5.74, 6) is 0. The van der Waals surface area contributed by atoms with Gasteiger partial charge in [0, 0.05) is 19.3 Å². The number of pyridine rings is 1. The first-order chi connectivity index (χ1) is 7.26. The van der Waals surface area contributed by atoms with E-state index in [2.05, 4.69) is 16.0 Å². The largest absolute Gasteiger partial charge is 0.298 e. The van der Waals surface area contributed by atoms with Crippen LogP contribution in [0, 0.1) is 5.41 Å². The van der Waals surface area contributed by atoms with Gasteiger partial charge < -0.3 is 0 Å². The third-order valence-corrected chi connectivity index (χ3v) is 3.89. The third-order valence-electron chi connectivity index (χ3n) is 3.67. The Morgan fingerprint density at radius 1 is 1.33 bits per heavy atom. The van der Waals surface area contributed by atoms with Crippen molar-refractivity contribution in [1.82, 2.24) is 9.88 Å². The molecular weight excluding hydrogens is 208 g/mol. The van der Waals surface area contributed by atoms with Crippen LogP contribution in [0.4, 0.5) is 0 Å². The molecule has 1 saturated carbocycles. The van der Waals surface area contributed by atoms with Crippen molar-refractivity contribution in [2.45, 2.75) is 25.8 Å². The van der Waals surface area contributed by atoms with E-state index < -0.39 is 0 Å². The predicted octanol–water partition coefficient (Wildman–Crippen LogP) is 2.72. The molecule has 2 aliphatic rings. The number of hydrogen-bond acceptors (Lipinski definition) is 2. The molecule has 1 spiro atoms. The topological polar surface area (TPSA) is 16.1 Å². The zero-order valence-corrected chi connectivity index (χ0v) is 9.50. The molecule has 1 aromatic rings. The molecule has 1 aliphatic heterocycles. The summed E-state index contributed by atoms with van der Waals surface area (Å²) < 4.78 is 0. The Hall–Kier alpha value is -0.600. The van der Waals surface area contributed by atoms with Gasteiger partial charge in [-0.15, -0.1) is 0 Å². The van der Waals surface area contributed by atoms with Crippen LogP contribution in [0.2, 0.25) is 5.15 Å². The zero-order chi connectivity index (χ0) is 10.3. The van der Waals surface area contributed by atoms with Crippen molar-refractivity contribution >= 4 is 11.6 Å². The maximum Gasteiger partial charge on any atom is 0.129 e. The normalized spacial score (nSPS) is 23.5. The molecule has 1 aromatic heterocycles. The third kappa shape index (κ3) is 2.01. The van der Waals surface area contributed by atoms with Crippen molar-refractivity contribution in [3.05, 3.63) is 29.0 Å². The molecule has 0 amide bonds. The van der Waals surface area contributed by atoms with Crippen molar-refractivity contribution in [1.29, 1.82) is 0 Å². The van der Waals surface area contributed by atoms with E-state index in [1.807, 2.05) is 12.3 Å². The van der Waals surface area contributed by atoms with Gasteiger partial charge in [-0.25, -0.2) is 4.98 Å². The molecule has 80 valence electrons. The molecule has 0 unspecified atom stereocenters. The SMILES string of the molecule is Clc1ccc(CN2CCC3(CC3)C2)cn1. The van der Waals surface area contributed by atoms with Gasteiger partial charge >= 0.3 is 0 Å². The van der Waals surface area contributed by atoms with E-state index in [0.717, 1.165) is 12.0 Å². The maximum atomic E-state index is 5.76. The number of halogens is 1. The van der Waals surface area contributed by atoms with Gasteiger partial charge in [0.15, 0.2) is 0 Å². The van der Waals surface area contributed by atoms with Crippen molar-refractivity contribution in [2.75, 3.05) is 13.1 Å². The Morgan fingerprint density at radius 3 is 2.80 bits per heavy atom. The highest BCUT2D eigenvalue weighted by atomic mass is 35.5. The van der Waals surface area contributed by atoms with Crippen molar-refractivity contribution in [3.63, 3.8) is 0 Å². The van der Waals surface area contributed by atoms with E-state index in [4.69, 9.17) is 11.6 Å². The lowest BCUT2D eigenvalue weighted by molar-refractivity contribution is 0.312. The fourth-order valence-electron chi connectivity index (χ4n) is 2.51. The quantitative estimate of drug-likeness (QED) is 0.716. The molecule has 1 aliphatic carbocycles. The van der Waals surface area contributed by atoms with Crippen molar-refractivity contribution < 1.29 is 0 Å². The summed E-state index contributed by atoms with van der Waals surface area (Å²) in [5.41, 5.74) is 2.00. The van der Waals surface area contributed by atoms with Gasteiger partial charge in [-0.1, -0.05) is 17.7 Å². The highest BCUT2D eigenvalue weighted by Gasteiger charge is 2.47. The Labute approximate surface area is 95.3 Å². The second-order valence-corrected chi connectivity index (χ2v) is 5.34. The van der Waals surface area contributed by atoms with Crippen LogP contribution < -0.4 is 0 Å². The lowest BCUT2D eigenvalue weighted by Gasteiger charge is -2.15. The fourth-order valence-corrected chi connectivity index (χ4v) is 2.62. The smallest absolute Gasteiger partial charge is 0.129 e. The summed E-state index contributed by atoms with van der Waals surface area (Å²) in [6.45, 7) is 3.57. The van der Waals surface area contributed by atoms with E-state index in [1.165, 1.54) is 37.9 Å². The maximum absolute atomic E-state index is 5.76.